The molecular formula is C16H21N5O2S. The molecule has 0 atom stereocenters. The fourth-order valence-corrected chi connectivity index (χ4v) is 4.06. The lowest BCUT2D eigenvalue weighted by atomic mass is 9.94. The Balaban J connectivity index is 1.49. The lowest BCUT2D eigenvalue weighted by molar-refractivity contribution is 0.00192. The predicted octanol–water partition coefficient (Wildman–Crippen LogP) is 2.85. The highest BCUT2D eigenvalue weighted by Gasteiger charge is 2.21. The number of fused-ring (bicyclic) bond motifs is 1. The summed E-state index contributed by atoms with van der Waals surface area (Å²) in [5.41, 5.74) is 7.70. The number of nitrogens with two attached hydrogens (primary N) is 1. The summed E-state index contributed by atoms with van der Waals surface area (Å²) in [7, 11) is 0. The number of imidazole rings is 1. The molecule has 1 fully saturated rings. The molecule has 24 heavy (non-hydrogen) atoms. The largest absolute Gasteiger partial charge is 0.368 e. The van der Waals surface area contributed by atoms with Gasteiger partial charge in [0, 0.05) is 17.1 Å². The van der Waals surface area contributed by atoms with Gasteiger partial charge in [-0.15, -0.1) is 11.3 Å². The van der Waals surface area contributed by atoms with Crippen LogP contribution in [0.1, 0.15) is 42.1 Å². The quantitative estimate of drug-likeness (QED) is 0.780. The standard InChI is InChI=1S/C16H21N5O2S/c1-9-7-21-14(10(2)18-16(21)24-9)15-19-13(23-20-15)8-22-12-5-3-11(17)4-6-12/h7,11-12H,3-6,8,17H2,1-2H3. The van der Waals surface area contributed by atoms with Crippen LogP contribution < -0.4 is 5.73 Å². The summed E-state index contributed by atoms with van der Waals surface area (Å²) in [5.74, 6) is 1.06. The Hall–Kier alpha value is -1.77. The minimum Gasteiger partial charge on any atom is -0.368 e. The van der Waals surface area contributed by atoms with E-state index in [-0.39, 0.29) is 6.10 Å². The normalized spacial score (nSPS) is 21.6. The van der Waals surface area contributed by atoms with Crippen molar-refractivity contribution in [1.82, 2.24) is 19.5 Å². The second-order valence-corrected chi connectivity index (χ2v) is 7.61. The first-order chi connectivity index (χ1) is 11.6. The Morgan fingerprint density at radius 2 is 2.08 bits per heavy atom. The third kappa shape index (κ3) is 2.97. The van der Waals surface area contributed by atoms with Crippen molar-refractivity contribution in [2.24, 2.45) is 5.73 Å². The van der Waals surface area contributed by atoms with Crippen molar-refractivity contribution in [3.05, 3.63) is 22.7 Å². The zero-order chi connectivity index (χ0) is 16.7. The molecule has 1 aliphatic rings. The van der Waals surface area contributed by atoms with Crippen LogP contribution in [0.5, 0.6) is 0 Å². The molecule has 8 heteroatoms. The fourth-order valence-electron chi connectivity index (χ4n) is 3.19. The molecule has 1 saturated carbocycles. The molecule has 0 radical (unpaired) electrons. The van der Waals surface area contributed by atoms with Crippen LogP contribution in [0.2, 0.25) is 0 Å². The number of thiazole rings is 1. The zero-order valence-electron chi connectivity index (χ0n) is 13.9. The maximum Gasteiger partial charge on any atom is 0.253 e. The van der Waals surface area contributed by atoms with Crippen LogP contribution in [0.25, 0.3) is 16.5 Å². The average molecular weight is 347 g/mol. The Bertz CT molecular complexity index is 844. The molecule has 7 nitrogen and oxygen atoms in total. The van der Waals surface area contributed by atoms with Crippen LogP contribution in [0, 0.1) is 13.8 Å². The van der Waals surface area contributed by atoms with Gasteiger partial charge in [0.2, 0.25) is 5.82 Å². The third-order valence-corrected chi connectivity index (χ3v) is 5.36. The molecule has 3 aromatic heterocycles. The van der Waals surface area contributed by atoms with E-state index < -0.39 is 0 Å². The fraction of sp³-hybridized carbons (Fsp3) is 0.562. The van der Waals surface area contributed by atoms with Crippen molar-refractivity contribution in [3.8, 4) is 11.5 Å². The molecule has 128 valence electrons. The minimum atomic E-state index is 0.239. The van der Waals surface area contributed by atoms with Gasteiger partial charge in [-0.1, -0.05) is 5.16 Å². The van der Waals surface area contributed by atoms with E-state index in [1.165, 1.54) is 4.88 Å². The van der Waals surface area contributed by atoms with Gasteiger partial charge in [0.25, 0.3) is 5.89 Å². The summed E-state index contributed by atoms with van der Waals surface area (Å²) in [4.78, 5) is 11.2. The summed E-state index contributed by atoms with van der Waals surface area (Å²) >= 11 is 1.65. The summed E-state index contributed by atoms with van der Waals surface area (Å²) in [6.45, 7) is 4.36. The number of nitrogens with zero attached hydrogens (tertiary/aromatic N) is 4. The minimum absolute atomic E-state index is 0.239. The average Bonchev–Trinajstić information content (AvgIpc) is 3.21. The SMILES string of the molecule is Cc1cn2c(-c3noc(COC4CCC(N)CC4)n3)c(C)nc2s1. The second-order valence-electron chi connectivity index (χ2n) is 6.40. The van der Waals surface area contributed by atoms with Crippen LogP contribution in [0.15, 0.2) is 10.7 Å². The number of hydrogen-bond donors (Lipinski definition) is 1. The monoisotopic (exact) mass is 347 g/mol. The summed E-state index contributed by atoms with van der Waals surface area (Å²) < 4.78 is 13.3. The first-order valence-electron chi connectivity index (χ1n) is 8.25. The van der Waals surface area contributed by atoms with E-state index in [9.17, 15) is 0 Å². The van der Waals surface area contributed by atoms with Gasteiger partial charge in [-0.3, -0.25) is 4.40 Å². The van der Waals surface area contributed by atoms with Crippen molar-refractivity contribution < 1.29 is 9.26 Å². The Kier molecular flexibility index (Phi) is 4.11. The van der Waals surface area contributed by atoms with Gasteiger partial charge in [-0.25, -0.2) is 4.98 Å². The highest BCUT2D eigenvalue weighted by molar-refractivity contribution is 7.17. The molecule has 3 aromatic rings. The van der Waals surface area contributed by atoms with E-state index in [2.05, 4.69) is 22.0 Å². The summed E-state index contributed by atoms with van der Waals surface area (Å²) in [6, 6.07) is 0.321. The zero-order valence-corrected chi connectivity index (χ0v) is 14.7. The molecule has 1 aliphatic carbocycles. The van der Waals surface area contributed by atoms with Crippen molar-refractivity contribution in [3.63, 3.8) is 0 Å². The van der Waals surface area contributed by atoms with Crippen molar-refractivity contribution in [2.75, 3.05) is 0 Å². The van der Waals surface area contributed by atoms with Crippen LogP contribution in [0.4, 0.5) is 0 Å². The molecule has 0 saturated heterocycles. The van der Waals surface area contributed by atoms with Gasteiger partial charge in [0.15, 0.2) is 4.96 Å². The topological polar surface area (TPSA) is 91.5 Å². The Morgan fingerprint density at radius 3 is 2.88 bits per heavy atom. The molecule has 2 N–H and O–H groups in total. The lowest BCUT2D eigenvalue weighted by Gasteiger charge is -2.25. The van der Waals surface area contributed by atoms with E-state index in [1.807, 2.05) is 17.5 Å². The number of ether oxygens (including phenoxy) is 1. The molecule has 4 rings (SSSR count). The number of hydrogen-bond acceptors (Lipinski definition) is 7. The van der Waals surface area contributed by atoms with Gasteiger partial charge >= 0.3 is 0 Å². The lowest BCUT2D eigenvalue weighted by Crippen LogP contribution is -2.30. The van der Waals surface area contributed by atoms with E-state index in [0.29, 0.717) is 24.4 Å². The molecule has 0 aliphatic heterocycles. The molecule has 0 aromatic carbocycles. The van der Waals surface area contributed by atoms with Gasteiger partial charge in [0.1, 0.15) is 12.3 Å². The van der Waals surface area contributed by atoms with Crippen molar-refractivity contribution >= 4 is 16.3 Å². The van der Waals surface area contributed by atoms with E-state index >= 15 is 0 Å². The second kappa shape index (κ2) is 6.27. The number of aryl methyl sites for hydroxylation is 2. The first kappa shape index (κ1) is 15.7. The summed E-state index contributed by atoms with van der Waals surface area (Å²) in [6.07, 6.45) is 6.32. The molecular weight excluding hydrogens is 326 g/mol. The number of rotatable bonds is 4. The predicted molar refractivity (Wildman–Crippen MR) is 90.9 cm³/mol. The van der Waals surface area contributed by atoms with E-state index in [4.69, 9.17) is 15.0 Å². The van der Waals surface area contributed by atoms with Crippen LogP contribution in [-0.4, -0.2) is 31.7 Å². The van der Waals surface area contributed by atoms with Gasteiger partial charge < -0.3 is 15.0 Å². The Labute approximate surface area is 143 Å². The molecule has 0 amide bonds. The van der Waals surface area contributed by atoms with Crippen molar-refractivity contribution in [1.29, 1.82) is 0 Å². The van der Waals surface area contributed by atoms with E-state index in [1.54, 1.807) is 11.3 Å². The Morgan fingerprint density at radius 1 is 1.29 bits per heavy atom. The van der Waals surface area contributed by atoms with Crippen molar-refractivity contribution in [2.45, 2.75) is 58.3 Å². The van der Waals surface area contributed by atoms with Crippen LogP contribution >= 0.6 is 11.3 Å². The summed E-state index contributed by atoms with van der Waals surface area (Å²) in [5, 5.41) is 4.11. The van der Waals surface area contributed by atoms with E-state index in [0.717, 1.165) is 42.0 Å². The molecule has 3 heterocycles. The molecule has 0 spiro atoms. The highest BCUT2D eigenvalue weighted by Crippen LogP contribution is 2.27. The first-order valence-corrected chi connectivity index (χ1v) is 9.07. The highest BCUT2D eigenvalue weighted by atomic mass is 32.1. The third-order valence-electron chi connectivity index (χ3n) is 4.46. The molecule has 0 bridgehead atoms. The maximum atomic E-state index is 5.92. The van der Waals surface area contributed by atoms with Gasteiger partial charge in [-0.05, 0) is 39.5 Å². The maximum absolute atomic E-state index is 5.92. The molecule has 0 unspecified atom stereocenters. The van der Waals surface area contributed by atoms with Crippen LogP contribution in [0.3, 0.4) is 0 Å². The van der Waals surface area contributed by atoms with Crippen LogP contribution in [-0.2, 0) is 11.3 Å². The van der Waals surface area contributed by atoms with Gasteiger partial charge in [0.05, 0.1) is 11.8 Å². The smallest absolute Gasteiger partial charge is 0.253 e. The number of aromatic nitrogens is 4. The van der Waals surface area contributed by atoms with Gasteiger partial charge in [-0.2, -0.15) is 4.98 Å².